The van der Waals surface area contributed by atoms with Gasteiger partial charge in [-0.25, -0.2) is 0 Å². The van der Waals surface area contributed by atoms with Crippen LogP contribution in [0.25, 0.3) is 0 Å². The maximum Gasteiger partial charge on any atom is 0.132 e. The molecule has 1 aliphatic carbocycles. The fourth-order valence-corrected chi connectivity index (χ4v) is 2.47. The van der Waals surface area contributed by atoms with Crippen molar-refractivity contribution in [3.8, 4) is 0 Å². The average Bonchev–Trinajstić information content (AvgIpc) is 2.71. The predicted octanol–water partition coefficient (Wildman–Crippen LogP) is 2.26. The first-order valence-corrected chi connectivity index (χ1v) is 5.53. The van der Waals surface area contributed by atoms with E-state index in [0.29, 0.717) is 0 Å². The maximum atomic E-state index is 10.8. The van der Waals surface area contributed by atoms with Gasteiger partial charge in [0.1, 0.15) is 5.60 Å². The summed E-state index contributed by atoms with van der Waals surface area (Å²) in [5.41, 5.74) is 2.10. The smallest absolute Gasteiger partial charge is 0.132 e. The zero-order valence-electron chi connectivity index (χ0n) is 8.93. The summed E-state index contributed by atoms with van der Waals surface area (Å²) in [6.45, 7) is 0. The van der Waals surface area contributed by atoms with Crippen molar-refractivity contribution in [1.82, 2.24) is 4.98 Å². The molecular formula is C14H13NO. The second kappa shape index (κ2) is 3.42. The molecule has 2 aromatic rings. The Bertz CT molecular complexity index is 509. The lowest BCUT2D eigenvalue weighted by atomic mass is 9.92. The molecule has 1 aliphatic rings. The molecule has 80 valence electrons. The van der Waals surface area contributed by atoms with Gasteiger partial charge >= 0.3 is 0 Å². The molecule has 1 atom stereocenters. The number of aromatic nitrogens is 1. The predicted molar refractivity (Wildman–Crippen MR) is 62.0 cm³/mol. The number of hydrogen-bond donors (Lipinski definition) is 1. The highest BCUT2D eigenvalue weighted by Crippen LogP contribution is 2.40. The molecule has 2 heteroatoms. The van der Waals surface area contributed by atoms with Crippen LogP contribution in [0.5, 0.6) is 0 Å². The Kier molecular flexibility index (Phi) is 2.04. The molecule has 0 bridgehead atoms. The van der Waals surface area contributed by atoms with Gasteiger partial charge in [-0.15, -0.1) is 0 Å². The molecule has 2 nitrogen and oxygen atoms in total. The zero-order chi connectivity index (χ0) is 11.0. The third kappa shape index (κ3) is 1.27. The lowest BCUT2D eigenvalue weighted by Gasteiger charge is -2.23. The SMILES string of the molecule is OC1(c2ccccn2)CCc2ccccc21. The number of hydrogen-bond acceptors (Lipinski definition) is 2. The third-order valence-corrected chi connectivity index (χ3v) is 3.31. The average molecular weight is 211 g/mol. The van der Waals surface area contributed by atoms with Crippen molar-refractivity contribution in [2.45, 2.75) is 18.4 Å². The number of fused-ring (bicyclic) bond motifs is 1. The molecule has 1 heterocycles. The Labute approximate surface area is 94.6 Å². The second-order valence-corrected chi connectivity index (χ2v) is 4.23. The first-order chi connectivity index (χ1) is 7.81. The van der Waals surface area contributed by atoms with E-state index >= 15 is 0 Å². The van der Waals surface area contributed by atoms with Crippen LogP contribution >= 0.6 is 0 Å². The number of pyridine rings is 1. The van der Waals surface area contributed by atoms with Crippen molar-refractivity contribution in [3.63, 3.8) is 0 Å². The fraction of sp³-hybridized carbons (Fsp3) is 0.214. The van der Waals surface area contributed by atoms with Crippen LogP contribution in [0.1, 0.15) is 23.2 Å². The number of rotatable bonds is 1. The summed E-state index contributed by atoms with van der Waals surface area (Å²) in [5, 5.41) is 10.8. The summed E-state index contributed by atoms with van der Waals surface area (Å²) in [7, 11) is 0. The number of aliphatic hydroxyl groups is 1. The van der Waals surface area contributed by atoms with E-state index < -0.39 is 5.60 Å². The van der Waals surface area contributed by atoms with Crippen LogP contribution in [0.4, 0.5) is 0 Å². The van der Waals surface area contributed by atoms with Crippen molar-refractivity contribution in [2.24, 2.45) is 0 Å². The summed E-state index contributed by atoms with van der Waals surface area (Å²) in [6.07, 6.45) is 3.38. The van der Waals surface area contributed by atoms with Gasteiger partial charge in [-0.1, -0.05) is 30.3 Å². The van der Waals surface area contributed by atoms with Crippen LogP contribution in [-0.4, -0.2) is 10.1 Å². The minimum Gasteiger partial charge on any atom is -0.379 e. The van der Waals surface area contributed by atoms with Gasteiger partial charge < -0.3 is 5.11 Å². The van der Waals surface area contributed by atoms with Gasteiger partial charge in [-0.2, -0.15) is 0 Å². The highest BCUT2D eigenvalue weighted by molar-refractivity contribution is 5.42. The van der Waals surface area contributed by atoms with E-state index in [9.17, 15) is 5.11 Å². The van der Waals surface area contributed by atoms with Crippen molar-refractivity contribution in [3.05, 3.63) is 65.5 Å². The Morgan fingerprint density at radius 1 is 1.06 bits per heavy atom. The lowest BCUT2D eigenvalue weighted by molar-refractivity contribution is 0.0783. The minimum absolute atomic E-state index is 0.726. The van der Waals surface area contributed by atoms with Gasteiger partial charge in [-0.05, 0) is 36.1 Å². The van der Waals surface area contributed by atoms with Crippen LogP contribution in [0.3, 0.4) is 0 Å². The monoisotopic (exact) mass is 211 g/mol. The van der Waals surface area contributed by atoms with E-state index in [0.717, 1.165) is 24.1 Å². The largest absolute Gasteiger partial charge is 0.379 e. The second-order valence-electron chi connectivity index (χ2n) is 4.23. The Balaban J connectivity index is 2.15. The molecule has 1 N–H and O–H groups in total. The molecule has 0 saturated heterocycles. The van der Waals surface area contributed by atoms with Crippen molar-refractivity contribution >= 4 is 0 Å². The van der Waals surface area contributed by atoms with Gasteiger partial charge in [0.25, 0.3) is 0 Å². The molecule has 0 aliphatic heterocycles. The van der Waals surface area contributed by atoms with Crippen molar-refractivity contribution in [1.29, 1.82) is 0 Å². The van der Waals surface area contributed by atoms with Crippen LogP contribution < -0.4 is 0 Å². The molecule has 0 amide bonds. The van der Waals surface area contributed by atoms with Crippen LogP contribution in [0, 0.1) is 0 Å². The molecule has 0 spiro atoms. The molecule has 0 saturated carbocycles. The molecule has 1 unspecified atom stereocenters. The Morgan fingerprint density at radius 3 is 2.69 bits per heavy atom. The number of nitrogens with zero attached hydrogens (tertiary/aromatic N) is 1. The highest BCUT2D eigenvalue weighted by Gasteiger charge is 2.38. The van der Waals surface area contributed by atoms with Gasteiger partial charge in [-0.3, -0.25) is 4.98 Å². The van der Waals surface area contributed by atoms with E-state index in [1.807, 2.05) is 36.4 Å². The fourth-order valence-electron chi connectivity index (χ4n) is 2.47. The molecule has 0 radical (unpaired) electrons. The maximum absolute atomic E-state index is 10.8. The van der Waals surface area contributed by atoms with Crippen LogP contribution in [0.15, 0.2) is 48.7 Å². The quantitative estimate of drug-likeness (QED) is 0.785. The lowest BCUT2D eigenvalue weighted by Crippen LogP contribution is -2.25. The summed E-state index contributed by atoms with van der Waals surface area (Å²) in [6, 6.07) is 13.7. The summed E-state index contributed by atoms with van der Waals surface area (Å²) >= 11 is 0. The highest BCUT2D eigenvalue weighted by atomic mass is 16.3. The van der Waals surface area contributed by atoms with Gasteiger partial charge in [0, 0.05) is 6.20 Å². The van der Waals surface area contributed by atoms with E-state index in [1.165, 1.54) is 5.56 Å². The van der Waals surface area contributed by atoms with E-state index in [4.69, 9.17) is 0 Å². The Morgan fingerprint density at radius 2 is 1.88 bits per heavy atom. The zero-order valence-corrected chi connectivity index (χ0v) is 8.93. The molecule has 0 fully saturated rings. The van der Waals surface area contributed by atoms with Crippen LogP contribution in [-0.2, 0) is 12.0 Å². The molecule has 3 rings (SSSR count). The number of aryl methyl sites for hydroxylation is 1. The van der Waals surface area contributed by atoms with Gasteiger partial charge in [0.2, 0.25) is 0 Å². The van der Waals surface area contributed by atoms with Gasteiger partial charge in [0.05, 0.1) is 5.69 Å². The summed E-state index contributed by atoms with van der Waals surface area (Å²) in [4.78, 5) is 4.28. The summed E-state index contributed by atoms with van der Waals surface area (Å²) < 4.78 is 0. The van der Waals surface area contributed by atoms with E-state index in [1.54, 1.807) is 6.20 Å². The first-order valence-electron chi connectivity index (χ1n) is 5.53. The molecule has 1 aromatic carbocycles. The van der Waals surface area contributed by atoms with Crippen molar-refractivity contribution < 1.29 is 5.11 Å². The first kappa shape index (κ1) is 9.55. The topological polar surface area (TPSA) is 33.1 Å². The van der Waals surface area contributed by atoms with E-state index in [-0.39, 0.29) is 0 Å². The van der Waals surface area contributed by atoms with Crippen molar-refractivity contribution in [2.75, 3.05) is 0 Å². The van der Waals surface area contributed by atoms with E-state index in [2.05, 4.69) is 11.1 Å². The third-order valence-electron chi connectivity index (χ3n) is 3.31. The molecule has 16 heavy (non-hydrogen) atoms. The molecule has 1 aromatic heterocycles. The van der Waals surface area contributed by atoms with Gasteiger partial charge in [0.15, 0.2) is 0 Å². The normalized spacial score (nSPS) is 23.1. The van der Waals surface area contributed by atoms with Crippen LogP contribution in [0.2, 0.25) is 0 Å². The molecular weight excluding hydrogens is 198 g/mol. The Hall–Kier alpha value is -1.67. The standard InChI is InChI=1S/C14H13NO/c16-14(13-7-3-4-10-15-13)9-8-11-5-1-2-6-12(11)14/h1-7,10,16H,8-9H2. The number of benzene rings is 1. The minimum atomic E-state index is -0.891. The summed E-state index contributed by atoms with van der Waals surface area (Å²) in [5.74, 6) is 0.